The quantitative estimate of drug-likeness (QED) is 0.860. The molecule has 1 aromatic carbocycles. The lowest BCUT2D eigenvalue weighted by Crippen LogP contribution is -2.49. The molecule has 3 heteroatoms. The van der Waals surface area contributed by atoms with E-state index in [1.807, 2.05) is 0 Å². The maximum Gasteiger partial charge on any atom is 0.0607 e. The smallest absolute Gasteiger partial charge is 0.0607 e. The molecule has 0 spiro atoms. The Kier molecular flexibility index (Phi) is 5.30. The maximum absolute atomic E-state index is 3.61. The summed E-state index contributed by atoms with van der Waals surface area (Å²) < 4.78 is 0. The second-order valence-electron chi connectivity index (χ2n) is 6.11. The maximum atomic E-state index is 3.61. The van der Waals surface area contributed by atoms with Crippen LogP contribution < -0.4 is 15.1 Å². The van der Waals surface area contributed by atoms with Crippen LogP contribution in [0.15, 0.2) is 24.3 Å². The van der Waals surface area contributed by atoms with E-state index in [0.29, 0.717) is 12.1 Å². The van der Waals surface area contributed by atoms with E-state index in [-0.39, 0.29) is 0 Å². The van der Waals surface area contributed by atoms with Crippen LogP contribution in [0.3, 0.4) is 0 Å². The lowest BCUT2D eigenvalue weighted by molar-refractivity contribution is 0.468. The van der Waals surface area contributed by atoms with E-state index in [1.54, 1.807) is 0 Å². The van der Waals surface area contributed by atoms with Gasteiger partial charge in [-0.25, -0.2) is 0 Å². The number of nitrogens with one attached hydrogen (secondary N) is 1. The van der Waals surface area contributed by atoms with Gasteiger partial charge in [-0.05, 0) is 18.6 Å². The molecule has 20 heavy (non-hydrogen) atoms. The fourth-order valence-electron chi connectivity index (χ4n) is 2.98. The molecule has 1 aromatic rings. The fourth-order valence-corrected chi connectivity index (χ4v) is 2.98. The first-order chi connectivity index (χ1) is 9.63. The Bertz CT molecular complexity index is 416. The van der Waals surface area contributed by atoms with Crippen LogP contribution in [0.1, 0.15) is 33.6 Å². The number of anilines is 2. The van der Waals surface area contributed by atoms with E-state index in [1.165, 1.54) is 24.2 Å². The van der Waals surface area contributed by atoms with E-state index in [2.05, 4.69) is 67.2 Å². The second kappa shape index (κ2) is 6.98. The van der Waals surface area contributed by atoms with Gasteiger partial charge in [-0.2, -0.15) is 0 Å². The normalized spacial score (nSPS) is 16.4. The molecule has 2 rings (SSSR count). The van der Waals surface area contributed by atoms with Gasteiger partial charge in [0.25, 0.3) is 0 Å². The predicted molar refractivity (Wildman–Crippen MR) is 88.9 cm³/mol. The molecule has 0 aliphatic carbocycles. The van der Waals surface area contributed by atoms with Crippen molar-refractivity contribution in [1.82, 2.24) is 5.32 Å². The number of rotatable bonds is 6. The summed E-state index contributed by atoms with van der Waals surface area (Å²) in [5.74, 6) is 0. The van der Waals surface area contributed by atoms with E-state index in [0.717, 1.165) is 19.6 Å². The number of para-hydroxylation sites is 2. The van der Waals surface area contributed by atoms with Gasteiger partial charge in [-0.1, -0.05) is 39.3 Å². The third-order valence-electron chi connectivity index (χ3n) is 4.10. The summed E-state index contributed by atoms with van der Waals surface area (Å²) in [6, 6.07) is 9.95. The molecule has 1 aliphatic rings. The summed E-state index contributed by atoms with van der Waals surface area (Å²) in [4.78, 5) is 4.97. The lowest BCUT2D eigenvalue weighted by atomic mass is 10.1. The predicted octanol–water partition coefficient (Wildman–Crippen LogP) is 3.11. The van der Waals surface area contributed by atoms with Crippen molar-refractivity contribution in [2.75, 3.05) is 36.5 Å². The number of nitrogens with zero attached hydrogens (tertiary/aromatic N) is 2. The number of benzene rings is 1. The molecule has 1 heterocycles. The van der Waals surface area contributed by atoms with Crippen LogP contribution in [0.2, 0.25) is 0 Å². The molecule has 1 atom stereocenters. The lowest BCUT2D eigenvalue weighted by Gasteiger charge is -2.42. The molecular formula is C17H29N3. The van der Waals surface area contributed by atoms with Gasteiger partial charge in [0.05, 0.1) is 11.4 Å². The Morgan fingerprint density at radius 1 is 1.15 bits per heavy atom. The van der Waals surface area contributed by atoms with Gasteiger partial charge in [0, 0.05) is 38.8 Å². The minimum atomic E-state index is 0.553. The summed E-state index contributed by atoms with van der Waals surface area (Å²) in [7, 11) is 2.19. The summed E-state index contributed by atoms with van der Waals surface area (Å²) in [6.07, 6.45) is 2.48. The zero-order valence-corrected chi connectivity index (χ0v) is 13.4. The van der Waals surface area contributed by atoms with Crippen molar-refractivity contribution in [2.24, 2.45) is 0 Å². The summed E-state index contributed by atoms with van der Waals surface area (Å²) >= 11 is 0. The van der Waals surface area contributed by atoms with Gasteiger partial charge in [0.2, 0.25) is 0 Å². The minimum Gasteiger partial charge on any atom is -0.371 e. The Balaban J connectivity index is 2.18. The van der Waals surface area contributed by atoms with Crippen LogP contribution >= 0.6 is 0 Å². The SMILES string of the molecule is CCCC(CNC(C)C)N1CCN(C)c2ccccc21. The van der Waals surface area contributed by atoms with Crippen molar-refractivity contribution in [3.8, 4) is 0 Å². The molecule has 0 fully saturated rings. The number of hydrogen-bond donors (Lipinski definition) is 1. The summed E-state index contributed by atoms with van der Waals surface area (Å²) in [6.45, 7) is 10.0. The first-order valence-electron chi connectivity index (χ1n) is 7.93. The molecule has 0 aromatic heterocycles. The number of hydrogen-bond acceptors (Lipinski definition) is 3. The standard InChI is InChI=1S/C17H29N3/c1-5-8-15(13-18-14(2)3)20-12-11-19(4)16-9-6-7-10-17(16)20/h6-7,9-10,14-15,18H,5,8,11-13H2,1-4H3. The van der Waals surface area contributed by atoms with Gasteiger partial charge in [0.1, 0.15) is 0 Å². The Morgan fingerprint density at radius 2 is 1.85 bits per heavy atom. The monoisotopic (exact) mass is 275 g/mol. The van der Waals surface area contributed by atoms with Crippen molar-refractivity contribution in [3.05, 3.63) is 24.3 Å². The van der Waals surface area contributed by atoms with Gasteiger partial charge < -0.3 is 15.1 Å². The first-order valence-corrected chi connectivity index (χ1v) is 7.93. The van der Waals surface area contributed by atoms with Crippen LogP contribution in [0.4, 0.5) is 11.4 Å². The molecular weight excluding hydrogens is 246 g/mol. The number of likely N-dealkylation sites (N-methyl/N-ethyl adjacent to an activating group) is 1. The fraction of sp³-hybridized carbons (Fsp3) is 0.647. The van der Waals surface area contributed by atoms with Gasteiger partial charge in [-0.3, -0.25) is 0 Å². The zero-order valence-electron chi connectivity index (χ0n) is 13.4. The molecule has 0 radical (unpaired) electrons. The van der Waals surface area contributed by atoms with Crippen LogP contribution in [0.25, 0.3) is 0 Å². The zero-order chi connectivity index (χ0) is 14.5. The first kappa shape index (κ1) is 15.2. The molecule has 0 saturated carbocycles. The molecule has 0 amide bonds. The van der Waals surface area contributed by atoms with Gasteiger partial charge >= 0.3 is 0 Å². The molecule has 1 aliphatic heterocycles. The topological polar surface area (TPSA) is 18.5 Å². The van der Waals surface area contributed by atoms with Crippen molar-refractivity contribution >= 4 is 11.4 Å². The highest BCUT2D eigenvalue weighted by Gasteiger charge is 2.25. The van der Waals surface area contributed by atoms with Gasteiger partial charge in [-0.15, -0.1) is 0 Å². The Labute approximate surface area is 124 Å². The van der Waals surface area contributed by atoms with Crippen LogP contribution in [-0.4, -0.2) is 38.8 Å². The van der Waals surface area contributed by atoms with Crippen molar-refractivity contribution in [1.29, 1.82) is 0 Å². The van der Waals surface area contributed by atoms with Crippen molar-refractivity contribution in [3.63, 3.8) is 0 Å². The van der Waals surface area contributed by atoms with Crippen LogP contribution in [0, 0.1) is 0 Å². The Hall–Kier alpha value is -1.22. The van der Waals surface area contributed by atoms with E-state index in [4.69, 9.17) is 0 Å². The third kappa shape index (κ3) is 3.45. The molecule has 1 N–H and O–H groups in total. The largest absolute Gasteiger partial charge is 0.371 e. The molecule has 0 saturated heterocycles. The minimum absolute atomic E-state index is 0.553. The third-order valence-corrected chi connectivity index (χ3v) is 4.10. The van der Waals surface area contributed by atoms with Crippen molar-refractivity contribution in [2.45, 2.75) is 45.7 Å². The molecule has 3 nitrogen and oxygen atoms in total. The summed E-state index contributed by atoms with van der Waals surface area (Å²) in [5, 5.41) is 3.61. The molecule has 1 unspecified atom stereocenters. The Morgan fingerprint density at radius 3 is 2.50 bits per heavy atom. The molecule has 0 bridgehead atoms. The highest BCUT2D eigenvalue weighted by atomic mass is 15.3. The van der Waals surface area contributed by atoms with Gasteiger partial charge in [0.15, 0.2) is 0 Å². The highest BCUT2D eigenvalue weighted by Crippen LogP contribution is 2.33. The second-order valence-corrected chi connectivity index (χ2v) is 6.11. The average molecular weight is 275 g/mol. The molecule has 112 valence electrons. The van der Waals surface area contributed by atoms with Crippen LogP contribution in [0.5, 0.6) is 0 Å². The average Bonchev–Trinajstić information content (AvgIpc) is 2.44. The van der Waals surface area contributed by atoms with Crippen LogP contribution in [-0.2, 0) is 0 Å². The van der Waals surface area contributed by atoms with Crippen molar-refractivity contribution < 1.29 is 0 Å². The number of fused-ring (bicyclic) bond motifs is 1. The van der Waals surface area contributed by atoms with E-state index in [9.17, 15) is 0 Å². The highest BCUT2D eigenvalue weighted by molar-refractivity contribution is 5.73. The van der Waals surface area contributed by atoms with E-state index >= 15 is 0 Å². The summed E-state index contributed by atoms with van der Waals surface area (Å²) in [5.41, 5.74) is 2.76. The van der Waals surface area contributed by atoms with E-state index < -0.39 is 0 Å².